The lowest BCUT2D eigenvalue weighted by molar-refractivity contribution is 0.0497. The predicted octanol–water partition coefficient (Wildman–Crippen LogP) is 1.82. The molecular weight excluding hydrogens is 284 g/mol. The molecule has 6 heteroatoms. The highest BCUT2D eigenvalue weighted by molar-refractivity contribution is 6.14. The average molecular weight is 304 g/mol. The van der Waals surface area contributed by atoms with Crippen molar-refractivity contribution in [2.24, 2.45) is 0 Å². The molecule has 3 heterocycles. The number of carbonyl (C=O) groups excluding carboxylic acids is 2. The molecule has 1 saturated heterocycles. The number of esters is 1. The molecular formula is C16H20N2O4. The van der Waals surface area contributed by atoms with Gasteiger partial charge in [-0.25, -0.2) is 4.79 Å². The molecule has 0 aliphatic carbocycles. The van der Waals surface area contributed by atoms with Crippen LogP contribution < -0.4 is 0 Å². The molecule has 6 nitrogen and oxygen atoms in total. The molecule has 1 aliphatic rings. The molecule has 1 aliphatic heterocycles. The quantitative estimate of drug-likeness (QED) is 0.806. The number of piperazine rings is 1. The van der Waals surface area contributed by atoms with Crippen LogP contribution in [0.5, 0.6) is 0 Å². The van der Waals surface area contributed by atoms with Crippen molar-refractivity contribution in [3.63, 3.8) is 0 Å². The summed E-state index contributed by atoms with van der Waals surface area (Å²) in [7, 11) is 2.03. The molecule has 22 heavy (non-hydrogen) atoms. The van der Waals surface area contributed by atoms with Crippen LogP contribution in [0.2, 0.25) is 0 Å². The zero-order chi connectivity index (χ0) is 15.7. The number of furan rings is 2. The second-order valence-electron chi connectivity index (χ2n) is 5.65. The minimum Gasteiger partial charge on any atom is -0.462 e. The van der Waals surface area contributed by atoms with Gasteiger partial charge in [0.15, 0.2) is 0 Å². The number of rotatable bonds is 4. The van der Waals surface area contributed by atoms with E-state index in [-0.39, 0.29) is 11.5 Å². The van der Waals surface area contributed by atoms with Gasteiger partial charge in [0.1, 0.15) is 22.3 Å². The minimum absolute atomic E-state index is 0.147. The maximum Gasteiger partial charge on any atom is 0.342 e. The number of likely N-dealkylation sites (N-methyl/N-ethyl adjacent to an activating group) is 1. The number of hydrogen-bond acceptors (Lipinski definition) is 5. The maximum atomic E-state index is 12.8. The Bertz CT molecular complexity index is 670. The second kappa shape index (κ2) is 5.96. The molecule has 3 rings (SSSR count). The van der Waals surface area contributed by atoms with Crippen LogP contribution >= 0.6 is 0 Å². The van der Waals surface area contributed by atoms with Crippen molar-refractivity contribution in [3.8, 4) is 0 Å². The number of nitrogens with zero attached hydrogens (tertiary/aromatic N) is 2. The van der Waals surface area contributed by atoms with Gasteiger partial charge < -0.3 is 19.0 Å². The van der Waals surface area contributed by atoms with E-state index in [1.165, 1.54) is 0 Å². The molecule has 118 valence electrons. The molecule has 2 aromatic heterocycles. The third kappa shape index (κ3) is 2.54. The van der Waals surface area contributed by atoms with Gasteiger partial charge in [-0.3, -0.25) is 4.79 Å². The Morgan fingerprint density at radius 2 is 1.77 bits per heavy atom. The van der Waals surface area contributed by atoms with Crippen molar-refractivity contribution in [1.82, 2.24) is 9.80 Å². The van der Waals surface area contributed by atoms with E-state index in [0.29, 0.717) is 36.4 Å². The van der Waals surface area contributed by atoms with E-state index < -0.39 is 5.97 Å². The van der Waals surface area contributed by atoms with Gasteiger partial charge in [0, 0.05) is 26.2 Å². The van der Waals surface area contributed by atoms with Gasteiger partial charge in [-0.05, 0) is 25.6 Å². The number of ether oxygens (including phenoxy) is 1. The zero-order valence-corrected chi connectivity index (χ0v) is 12.9. The summed E-state index contributed by atoms with van der Waals surface area (Å²) >= 11 is 0. The van der Waals surface area contributed by atoms with E-state index >= 15 is 0 Å². The van der Waals surface area contributed by atoms with Crippen LogP contribution in [0.15, 0.2) is 16.5 Å². The van der Waals surface area contributed by atoms with Gasteiger partial charge in [-0.2, -0.15) is 0 Å². The standard InChI is InChI=1S/C16H20N2O4/c1-3-10-21-16(20)14-12-5-4-11(22-12)13(14)15(19)18-8-6-17(2)7-9-18/h4-5H,3,6-10H2,1-2H3. The summed E-state index contributed by atoms with van der Waals surface area (Å²) in [6.45, 7) is 5.24. The van der Waals surface area contributed by atoms with E-state index in [4.69, 9.17) is 9.15 Å². The fourth-order valence-corrected chi connectivity index (χ4v) is 2.70. The fourth-order valence-electron chi connectivity index (χ4n) is 2.70. The van der Waals surface area contributed by atoms with Crippen LogP contribution in [-0.2, 0) is 4.74 Å². The summed E-state index contributed by atoms with van der Waals surface area (Å²) in [5, 5.41) is 0. The lowest BCUT2D eigenvalue weighted by Crippen LogP contribution is -2.47. The largest absolute Gasteiger partial charge is 0.462 e. The number of fused-ring (bicyclic) bond motifs is 2. The molecule has 0 N–H and O–H groups in total. The average Bonchev–Trinajstić information content (AvgIpc) is 3.13. The number of amides is 1. The predicted molar refractivity (Wildman–Crippen MR) is 81.4 cm³/mol. The first-order valence-electron chi connectivity index (χ1n) is 7.61. The van der Waals surface area contributed by atoms with Gasteiger partial charge >= 0.3 is 5.97 Å². The van der Waals surface area contributed by atoms with Crippen molar-refractivity contribution in [2.45, 2.75) is 13.3 Å². The van der Waals surface area contributed by atoms with Gasteiger partial charge in [0.05, 0.1) is 6.61 Å². The number of hydrogen-bond donors (Lipinski definition) is 0. The molecule has 0 unspecified atom stereocenters. The molecule has 1 amide bonds. The highest BCUT2D eigenvalue weighted by Gasteiger charge is 2.32. The first-order valence-corrected chi connectivity index (χ1v) is 7.61. The first-order chi connectivity index (χ1) is 10.6. The smallest absolute Gasteiger partial charge is 0.342 e. The van der Waals surface area contributed by atoms with E-state index in [1.807, 2.05) is 14.0 Å². The van der Waals surface area contributed by atoms with Crippen LogP contribution in [0.25, 0.3) is 11.2 Å². The Balaban J connectivity index is 1.87. The third-order valence-corrected chi connectivity index (χ3v) is 3.99. The molecule has 1 fully saturated rings. The van der Waals surface area contributed by atoms with Crippen LogP contribution in [0, 0.1) is 0 Å². The van der Waals surface area contributed by atoms with Crippen molar-refractivity contribution in [3.05, 3.63) is 23.3 Å². The van der Waals surface area contributed by atoms with Gasteiger partial charge in [0.25, 0.3) is 5.91 Å². The second-order valence-corrected chi connectivity index (χ2v) is 5.65. The molecule has 0 aromatic carbocycles. The molecule has 0 atom stereocenters. The van der Waals surface area contributed by atoms with Gasteiger partial charge in [-0.1, -0.05) is 6.92 Å². The summed E-state index contributed by atoms with van der Waals surface area (Å²) in [6, 6.07) is 3.44. The Hall–Kier alpha value is -2.08. The molecule has 2 aromatic rings. The maximum absolute atomic E-state index is 12.8. The van der Waals surface area contributed by atoms with Crippen LogP contribution in [0.1, 0.15) is 34.1 Å². The van der Waals surface area contributed by atoms with E-state index in [1.54, 1.807) is 17.0 Å². The molecule has 0 saturated carbocycles. The van der Waals surface area contributed by atoms with Crippen molar-refractivity contribution in [2.75, 3.05) is 39.8 Å². The normalized spacial score (nSPS) is 16.4. The summed E-state index contributed by atoms with van der Waals surface area (Å²) in [5.74, 6) is -0.625. The van der Waals surface area contributed by atoms with E-state index in [0.717, 1.165) is 19.5 Å². The van der Waals surface area contributed by atoms with Gasteiger partial charge in [-0.15, -0.1) is 0 Å². The number of benzene rings is 1. The first kappa shape index (κ1) is 14.8. The highest BCUT2D eigenvalue weighted by Crippen LogP contribution is 2.30. The van der Waals surface area contributed by atoms with Gasteiger partial charge in [0.2, 0.25) is 0 Å². The summed E-state index contributed by atoms with van der Waals surface area (Å²) in [5.41, 5.74) is 1.51. The molecule has 0 spiro atoms. The third-order valence-electron chi connectivity index (χ3n) is 3.99. The minimum atomic E-state index is -0.478. The van der Waals surface area contributed by atoms with E-state index in [9.17, 15) is 9.59 Å². The molecule has 0 radical (unpaired) electrons. The lowest BCUT2D eigenvalue weighted by atomic mass is 10.1. The topological polar surface area (TPSA) is 63.0 Å². The van der Waals surface area contributed by atoms with Crippen molar-refractivity contribution >= 4 is 23.0 Å². The Kier molecular flexibility index (Phi) is 4.02. The Morgan fingerprint density at radius 3 is 2.41 bits per heavy atom. The van der Waals surface area contributed by atoms with Crippen molar-refractivity contribution < 1.29 is 18.7 Å². The SMILES string of the molecule is CCCOC(=O)c1c(C(=O)N2CCN(C)CC2)c2ccc1o2. The Labute approximate surface area is 128 Å². The van der Waals surface area contributed by atoms with Crippen LogP contribution in [0.3, 0.4) is 0 Å². The van der Waals surface area contributed by atoms with Crippen molar-refractivity contribution in [1.29, 1.82) is 0 Å². The lowest BCUT2D eigenvalue weighted by Gasteiger charge is -2.32. The van der Waals surface area contributed by atoms with E-state index in [2.05, 4.69) is 4.90 Å². The highest BCUT2D eigenvalue weighted by atomic mass is 16.5. The van der Waals surface area contributed by atoms with Crippen LogP contribution in [0.4, 0.5) is 0 Å². The summed E-state index contributed by atoms with van der Waals surface area (Å²) in [4.78, 5) is 29.0. The zero-order valence-electron chi connectivity index (χ0n) is 12.9. The monoisotopic (exact) mass is 304 g/mol. The summed E-state index contributed by atoms with van der Waals surface area (Å²) < 4.78 is 10.7. The Morgan fingerprint density at radius 1 is 1.14 bits per heavy atom. The fraction of sp³-hybridized carbons (Fsp3) is 0.500. The summed E-state index contributed by atoms with van der Waals surface area (Å²) in [6.07, 6.45) is 0.739. The number of carbonyl (C=O) groups is 2. The van der Waals surface area contributed by atoms with Crippen LogP contribution in [-0.4, -0.2) is 61.5 Å². The molecule has 2 bridgehead atoms.